The van der Waals surface area contributed by atoms with Gasteiger partial charge in [0.2, 0.25) is 0 Å². The normalized spacial score (nSPS) is 10.6. The van der Waals surface area contributed by atoms with E-state index in [1.807, 2.05) is 0 Å². The Morgan fingerprint density at radius 2 is 1.85 bits per heavy atom. The summed E-state index contributed by atoms with van der Waals surface area (Å²) in [5.74, 6) is -1.28. The number of halogens is 2. The topological polar surface area (TPSA) is 70.2 Å². The van der Waals surface area contributed by atoms with Crippen LogP contribution in [0.3, 0.4) is 0 Å². The monoisotopic (exact) mass is 311 g/mol. The van der Waals surface area contributed by atoms with Crippen molar-refractivity contribution in [3.05, 3.63) is 55.4 Å². The van der Waals surface area contributed by atoms with Crippen LogP contribution in [0, 0.1) is 13.8 Å². The fourth-order valence-electron chi connectivity index (χ4n) is 2.03. The van der Waals surface area contributed by atoms with E-state index in [0.29, 0.717) is 32.4 Å². The van der Waals surface area contributed by atoms with Gasteiger partial charge in [0.25, 0.3) is 5.56 Å². The second-order valence-corrected chi connectivity index (χ2v) is 5.20. The molecule has 0 amide bonds. The Morgan fingerprint density at radius 1 is 1.20 bits per heavy atom. The molecule has 1 aromatic carbocycles. The van der Waals surface area contributed by atoms with Crippen LogP contribution in [0.4, 0.5) is 0 Å². The van der Waals surface area contributed by atoms with Crippen LogP contribution >= 0.6 is 23.2 Å². The second-order valence-electron chi connectivity index (χ2n) is 4.39. The lowest BCUT2D eigenvalue weighted by atomic mass is 9.95. The van der Waals surface area contributed by atoms with Gasteiger partial charge >= 0.3 is 5.97 Å². The highest BCUT2D eigenvalue weighted by Crippen LogP contribution is 2.32. The lowest BCUT2D eigenvalue weighted by Gasteiger charge is -2.12. The minimum absolute atomic E-state index is 0.300. The number of H-pyrrole nitrogens is 1. The Balaban J connectivity index is 2.87. The van der Waals surface area contributed by atoms with Crippen LogP contribution in [0.2, 0.25) is 10.0 Å². The number of hydrogen-bond donors (Lipinski definition) is 2. The first-order valence-corrected chi connectivity index (χ1v) is 6.50. The van der Waals surface area contributed by atoms with Crippen molar-refractivity contribution < 1.29 is 9.90 Å². The Hall–Kier alpha value is -1.78. The number of aromatic carboxylic acids is 1. The summed E-state index contributed by atoms with van der Waals surface area (Å²) in [7, 11) is 0. The van der Waals surface area contributed by atoms with E-state index in [2.05, 4.69) is 4.98 Å². The minimum atomic E-state index is -1.28. The highest BCUT2D eigenvalue weighted by Gasteiger charge is 2.20. The molecule has 0 saturated heterocycles. The van der Waals surface area contributed by atoms with Crippen molar-refractivity contribution in [3.8, 4) is 11.1 Å². The molecule has 6 heteroatoms. The molecule has 1 heterocycles. The van der Waals surface area contributed by atoms with E-state index in [1.54, 1.807) is 32.0 Å². The number of aromatic nitrogens is 1. The predicted octanol–water partition coefficient (Wildman–Crippen LogP) is 3.66. The van der Waals surface area contributed by atoms with Gasteiger partial charge in [0.05, 0.1) is 10.0 Å². The van der Waals surface area contributed by atoms with E-state index in [9.17, 15) is 14.7 Å². The molecule has 0 saturated carbocycles. The molecule has 20 heavy (non-hydrogen) atoms. The number of carboxylic acid groups (broad SMARTS) is 1. The van der Waals surface area contributed by atoms with Gasteiger partial charge in [-0.15, -0.1) is 0 Å². The van der Waals surface area contributed by atoms with Gasteiger partial charge < -0.3 is 10.1 Å². The van der Waals surface area contributed by atoms with Crippen LogP contribution in [0.25, 0.3) is 11.1 Å². The first-order valence-electron chi connectivity index (χ1n) is 5.75. The molecule has 0 atom stereocenters. The molecule has 104 valence electrons. The Kier molecular flexibility index (Phi) is 3.88. The summed E-state index contributed by atoms with van der Waals surface area (Å²) in [6.07, 6.45) is 0. The Morgan fingerprint density at radius 3 is 2.40 bits per heavy atom. The summed E-state index contributed by atoms with van der Waals surface area (Å²) in [6.45, 7) is 3.46. The first-order chi connectivity index (χ1) is 9.32. The number of aryl methyl sites for hydroxylation is 1. The van der Waals surface area contributed by atoms with Crippen LogP contribution in [0.5, 0.6) is 0 Å². The van der Waals surface area contributed by atoms with Crippen molar-refractivity contribution in [2.75, 3.05) is 0 Å². The highest BCUT2D eigenvalue weighted by molar-refractivity contribution is 6.42. The molecular formula is C14H11Cl2NO3. The Labute approximate surface area is 125 Å². The number of rotatable bonds is 2. The number of pyridine rings is 1. The summed E-state index contributed by atoms with van der Waals surface area (Å²) in [4.78, 5) is 25.8. The van der Waals surface area contributed by atoms with Gasteiger partial charge in [-0.2, -0.15) is 0 Å². The van der Waals surface area contributed by atoms with E-state index in [1.165, 1.54) is 0 Å². The van der Waals surface area contributed by atoms with Crippen LogP contribution in [-0.2, 0) is 0 Å². The third-order valence-electron chi connectivity index (χ3n) is 3.14. The third kappa shape index (κ3) is 2.44. The summed E-state index contributed by atoms with van der Waals surface area (Å²) in [5.41, 5.74) is 1.26. The lowest BCUT2D eigenvalue weighted by Crippen LogP contribution is -2.21. The minimum Gasteiger partial charge on any atom is -0.477 e. The number of hydrogen-bond acceptors (Lipinski definition) is 2. The van der Waals surface area contributed by atoms with Crippen molar-refractivity contribution in [2.24, 2.45) is 0 Å². The SMILES string of the molecule is Cc1[nH]c(=O)c(C(=O)O)c(-c2ccc(Cl)c(Cl)c2)c1C. The molecule has 0 spiro atoms. The Bertz CT molecular complexity index is 766. The summed E-state index contributed by atoms with van der Waals surface area (Å²) in [6, 6.07) is 4.76. The maximum atomic E-state index is 11.9. The standard InChI is InChI=1S/C14H11Cl2NO3/c1-6-7(2)17-13(18)12(14(19)20)11(6)8-3-4-9(15)10(16)5-8/h3-5H,1-2H3,(H,17,18)(H,19,20). The number of benzene rings is 1. The second kappa shape index (κ2) is 5.31. The molecule has 0 aliphatic carbocycles. The van der Waals surface area contributed by atoms with Crippen molar-refractivity contribution >= 4 is 29.2 Å². The van der Waals surface area contributed by atoms with Gasteiger partial charge in [-0.25, -0.2) is 4.79 Å². The van der Waals surface area contributed by atoms with E-state index >= 15 is 0 Å². The van der Waals surface area contributed by atoms with Crippen LogP contribution < -0.4 is 5.56 Å². The van der Waals surface area contributed by atoms with Crippen molar-refractivity contribution in [3.63, 3.8) is 0 Å². The van der Waals surface area contributed by atoms with E-state index in [0.717, 1.165) is 0 Å². The van der Waals surface area contributed by atoms with Gasteiger partial charge in [0.1, 0.15) is 5.56 Å². The summed E-state index contributed by atoms with van der Waals surface area (Å²) >= 11 is 11.8. The van der Waals surface area contributed by atoms with E-state index in [-0.39, 0.29) is 5.56 Å². The molecule has 0 radical (unpaired) electrons. The molecule has 0 bridgehead atoms. The largest absolute Gasteiger partial charge is 0.477 e. The van der Waals surface area contributed by atoms with Crippen molar-refractivity contribution in [2.45, 2.75) is 13.8 Å². The maximum absolute atomic E-state index is 11.9. The predicted molar refractivity (Wildman–Crippen MR) is 79.0 cm³/mol. The molecule has 0 aliphatic heterocycles. The van der Waals surface area contributed by atoms with Crippen LogP contribution in [0.1, 0.15) is 21.6 Å². The number of aromatic amines is 1. The van der Waals surface area contributed by atoms with E-state index in [4.69, 9.17) is 23.2 Å². The first kappa shape index (κ1) is 14.6. The zero-order valence-electron chi connectivity index (χ0n) is 10.8. The third-order valence-corrected chi connectivity index (χ3v) is 3.88. The molecule has 0 fully saturated rings. The smallest absolute Gasteiger partial charge is 0.341 e. The van der Waals surface area contributed by atoms with Gasteiger partial charge in [0.15, 0.2) is 0 Å². The van der Waals surface area contributed by atoms with Crippen molar-refractivity contribution in [1.82, 2.24) is 4.98 Å². The molecule has 0 aliphatic rings. The zero-order valence-corrected chi connectivity index (χ0v) is 12.3. The summed E-state index contributed by atoms with van der Waals surface area (Å²) in [5, 5.41) is 9.94. The molecular weight excluding hydrogens is 301 g/mol. The van der Waals surface area contributed by atoms with Gasteiger partial charge in [-0.1, -0.05) is 29.3 Å². The fraction of sp³-hybridized carbons (Fsp3) is 0.143. The maximum Gasteiger partial charge on any atom is 0.341 e. The summed E-state index contributed by atoms with van der Waals surface area (Å²) < 4.78 is 0. The van der Waals surface area contributed by atoms with Crippen LogP contribution in [0.15, 0.2) is 23.0 Å². The van der Waals surface area contributed by atoms with Crippen molar-refractivity contribution in [1.29, 1.82) is 0 Å². The van der Waals surface area contributed by atoms with Gasteiger partial charge in [0, 0.05) is 11.3 Å². The number of nitrogens with one attached hydrogen (secondary N) is 1. The molecule has 4 nitrogen and oxygen atoms in total. The molecule has 1 aromatic heterocycles. The average Bonchev–Trinajstić information content (AvgIpc) is 2.36. The lowest BCUT2D eigenvalue weighted by molar-refractivity contribution is 0.0695. The van der Waals surface area contributed by atoms with E-state index < -0.39 is 11.5 Å². The highest BCUT2D eigenvalue weighted by atomic mass is 35.5. The van der Waals surface area contributed by atoms with Crippen LogP contribution in [-0.4, -0.2) is 16.1 Å². The van der Waals surface area contributed by atoms with Gasteiger partial charge in [-0.05, 0) is 37.1 Å². The zero-order chi connectivity index (χ0) is 15.0. The van der Waals surface area contributed by atoms with Gasteiger partial charge in [-0.3, -0.25) is 4.79 Å². The number of carbonyl (C=O) groups is 1. The molecule has 0 unspecified atom stereocenters. The molecule has 2 N–H and O–H groups in total. The average molecular weight is 312 g/mol. The molecule has 2 rings (SSSR count). The number of carboxylic acids is 1. The fourth-order valence-corrected chi connectivity index (χ4v) is 2.33. The quantitative estimate of drug-likeness (QED) is 0.889. The molecule has 2 aromatic rings.